The molecule has 0 aromatic carbocycles. The van der Waals surface area contributed by atoms with Crippen LogP contribution in [0.15, 0.2) is 17.6 Å². The van der Waals surface area contributed by atoms with Crippen molar-refractivity contribution in [2.75, 3.05) is 26.7 Å². The molecule has 7 nitrogen and oxygen atoms in total. The van der Waals surface area contributed by atoms with Crippen molar-refractivity contribution in [2.45, 2.75) is 25.3 Å². The zero-order valence-electron chi connectivity index (χ0n) is 12.6. The van der Waals surface area contributed by atoms with Gasteiger partial charge >= 0.3 is 0 Å². The number of aromatic amines is 1. The molecule has 0 aliphatic carbocycles. The summed E-state index contributed by atoms with van der Waals surface area (Å²) in [5.41, 5.74) is 0. The maximum absolute atomic E-state index is 12.3. The number of H-pyrrole nitrogens is 1. The van der Waals surface area contributed by atoms with Gasteiger partial charge in [0.25, 0.3) is 10.0 Å². The molecule has 2 rings (SSSR count). The molecule has 0 bridgehead atoms. The number of likely N-dealkylation sites (N-methyl/N-ethyl adjacent to an activating group) is 1. The Morgan fingerprint density at radius 2 is 2.05 bits per heavy atom. The molecule has 2 atom stereocenters. The second-order valence-electron chi connectivity index (χ2n) is 5.92. The van der Waals surface area contributed by atoms with Crippen molar-refractivity contribution in [1.29, 1.82) is 0 Å². The summed E-state index contributed by atoms with van der Waals surface area (Å²) in [4.78, 5) is 20.3. The van der Waals surface area contributed by atoms with E-state index in [9.17, 15) is 13.2 Å². The van der Waals surface area contributed by atoms with Gasteiger partial charge in [0.2, 0.25) is 5.91 Å². The first-order valence-electron chi connectivity index (χ1n) is 7.03. The van der Waals surface area contributed by atoms with Gasteiger partial charge in [-0.15, -0.1) is 0 Å². The van der Waals surface area contributed by atoms with Gasteiger partial charge in [0.15, 0.2) is 5.03 Å². The fourth-order valence-corrected chi connectivity index (χ4v) is 3.81. The quantitative estimate of drug-likeness (QED) is 0.878. The lowest BCUT2D eigenvalue weighted by Crippen LogP contribution is -2.47. The number of imidazole rings is 1. The Bertz CT molecular complexity index is 575. The summed E-state index contributed by atoms with van der Waals surface area (Å²) in [5, 5.41) is -0.00168. The summed E-state index contributed by atoms with van der Waals surface area (Å²) >= 11 is 0. The molecule has 1 aromatic heterocycles. The van der Waals surface area contributed by atoms with Gasteiger partial charge in [-0.25, -0.2) is 13.4 Å². The Balaban J connectivity index is 2.02. The Morgan fingerprint density at radius 1 is 1.43 bits per heavy atom. The van der Waals surface area contributed by atoms with Crippen LogP contribution in [0.2, 0.25) is 0 Å². The number of hydrogen-bond donors (Lipinski definition) is 1. The summed E-state index contributed by atoms with van der Waals surface area (Å²) in [7, 11) is -2.28. The number of nitrogens with one attached hydrogen (secondary N) is 1. The van der Waals surface area contributed by atoms with Crippen LogP contribution in [0.25, 0.3) is 0 Å². The third-order valence-corrected chi connectivity index (χ3v) is 5.47. The minimum atomic E-state index is -3.69. The summed E-state index contributed by atoms with van der Waals surface area (Å²) < 4.78 is 25.5. The van der Waals surface area contributed by atoms with E-state index in [1.165, 1.54) is 19.6 Å². The number of sulfonamides is 1. The first kappa shape index (κ1) is 16.0. The van der Waals surface area contributed by atoms with Gasteiger partial charge in [-0.2, -0.15) is 4.31 Å². The van der Waals surface area contributed by atoms with E-state index in [0.717, 1.165) is 10.7 Å². The Hall–Kier alpha value is -1.41. The van der Waals surface area contributed by atoms with Crippen molar-refractivity contribution in [3.05, 3.63) is 12.5 Å². The molecule has 118 valence electrons. The van der Waals surface area contributed by atoms with Crippen molar-refractivity contribution in [3.8, 4) is 0 Å². The van der Waals surface area contributed by atoms with Crippen LogP contribution in [-0.2, 0) is 14.8 Å². The van der Waals surface area contributed by atoms with Crippen molar-refractivity contribution < 1.29 is 13.2 Å². The highest BCUT2D eigenvalue weighted by atomic mass is 32.2. The lowest BCUT2D eigenvalue weighted by atomic mass is 9.92. The molecule has 1 N–H and O–H groups in total. The van der Waals surface area contributed by atoms with Crippen LogP contribution < -0.4 is 0 Å². The predicted molar refractivity (Wildman–Crippen MR) is 77.9 cm³/mol. The molecular weight excluding hydrogens is 292 g/mol. The van der Waals surface area contributed by atoms with E-state index >= 15 is 0 Å². The minimum Gasteiger partial charge on any atom is -0.341 e. The zero-order chi connectivity index (χ0) is 15.6. The molecule has 1 aromatic rings. The second kappa shape index (κ2) is 6.15. The molecule has 1 aliphatic rings. The van der Waals surface area contributed by atoms with Crippen molar-refractivity contribution in [3.63, 3.8) is 0 Å². The van der Waals surface area contributed by atoms with Crippen LogP contribution in [0, 0.1) is 11.8 Å². The number of carbonyl (C=O) groups excluding carboxylic acids is 1. The third kappa shape index (κ3) is 3.62. The molecule has 1 saturated heterocycles. The molecule has 2 unspecified atom stereocenters. The van der Waals surface area contributed by atoms with E-state index in [1.807, 2.05) is 0 Å². The number of nitrogens with zero attached hydrogens (tertiary/aromatic N) is 3. The highest BCUT2D eigenvalue weighted by Crippen LogP contribution is 2.21. The molecule has 2 heterocycles. The highest BCUT2D eigenvalue weighted by molar-refractivity contribution is 7.89. The van der Waals surface area contributed by atoms with E-state index in [1.54, 1.807) is 4.90 Å². The zero-order valence-corrected chi connectivity index (χ0v) is 13.4. The van der Waals surface area contributed by atoms with Crippen molar-refractivity contribution >= 4 is 15.9 Å². The number of carbonyl (C=O) groups is 1. The molecule has 1 amide bonds. The SMILES string of the molecule is CC1CC(C)CN(C(=O)CN(C)S(=O)(=O)c2cnc[nH]2)C1. The summed E-state index contributed by atoms with van der Waals surface area (Å²) in [6.07, 6.45) is 3.64. The average molecular weight is 314 g/mol. The lowest BCUT2D eigenvalue weighted by Gasteiger charge is -2.35. The summed E-state index contributed by atoms with van der Waals surface area (Å²) in [5.74, 6) is 0.749. The fourth-order valence-electron chi connectivity index (χ4n) is 2.79. The molecule has 0 radical (unpaired) electrons. The third-order valence-electron chi connectivity index (χ3n) is 3.74. The molecule has 0 spiro atoms. The minimum absolute atomic E-state index is 0.00168. The van der Waals surface area contributed by atoms with Crippen LogP contribution in [-0.4, -0.2) is 60.2 Å². The van der Waals surface area contributed by atoms with Gasteiger partial charge in [0.1, 0.15) is 0 Å². The van der Waals surface area contributed by atoms with Gasteiger partial charge in [0, 0.05) is 20.1 Å². The number of aromatic nitrogens is 2. The fraction of sp³-hybridized carbons (Fsp3) is 0.692. The monoisotopic (exact) mass is 314 g/mol. The van der Waals surface area contributed by atoms with Crippen LogP contribution in [0.3, 0.4) is 0 Å². The smallest absolute Gasteiger partial charge is 0.260 e. The first-order valence-corrected chi connectivity index (χ1v) is 8.47. The van der Waals surface area contributed by atoms with Gasteiger partial charge in [-0.3, -0.25) is 4.79 Å². The molecule has 8 heteroatoms. The maximum Gasteiger partial charge on any atom is 0.260 e. The molecule has 0 saturated carbocycles. The van der Waals surface area contributed by atoms with Crippen LogP contribution in [0.1, 0.15) is 20.3 Å². The van der Waals surface area contributed by atoms with Crippen LogP contribution in [0.5, 0.6) is 0 Å². The second-order valence-corrected chi connectivity index (χ2v) is 7.94. The van der Waals surface area contributed by atoms with Gasteiger partial charge in [-0.1, -0.05) is 13.8 Å². The normalized spacial score (nSPS) is 23.5. The number of hydrogen-bond acceptors (Lipinski definition) is 4. The molecule has 21 heavy (non-hydrogen) atoms. The molecule has 1 aliphatic heterocycles. The van der Waals surface area contributed by atoms with Gasteiger partial charge in [0.05, 0.1) is 19.1 Å². The van der Waals surface area contributed by atoms with E-state index < -0.39 is 10.0 Å². The maximum atomic E-state index is 12.3. The van der Waals surface area contributed by atoms with E-state index in [2.05, 4.69) is 23.8 Å². The van der Waals surface area contributed by atoms with Gasteiger partial charge < -0.3 is 9.88 Å². The van der Waals surface area contributed by atoms with Crippen molar-refractivity contribution in [1.82, 2.24) is 19.2 Å². The van der Waals surface area contributed by atoms with E-state index in [-0.39, 0.29) is 17.5 Å². The van der Waals surface area contributed by atoms with E-state index in [0.29, 0.717) is 24.9 Å². The van der Waals surface area contributed by atoms with Crippen LogP contribution >= 0.6 is 0 Å². The van der Waals surface area contributed by atoms with Crippen LogP contribution in [0.4, 0.5) is 0 Å². The summed E-state index contributed by atoms with van der Waals surface area (Å²) in [6.45, 7) is 5.46. The molecular formula is C13H22N4O3S. The standard InChI is InChI=1S/C13H22N4O3S/c1-10-4-11(2)7-17(6-10)13(18)8-16(3)21(19,20)12-5-14-9-15-12/h5,9-11H,4,6-8H2,1-3H3,(H,14,15). The number of rotatable bonds is 4. The van der Waals surface area contributed by atoms with Crippen molar-refractivity contribution in [2.24, 2.45) is 11.8 Å². The van der Waals surface area contributed by atoms with E-state index in [4.69, 9.17) is 0 Å². The first-order chi connectivity index (χ1) is 9.80. The predicted octanol–water partition coefficient (Wildman–Crippen LogP) is 0.535. The Kier molecular flexibility index (Phi) is 4.67. The Labute approximate surface area is 125 Å². The highest BCUT2D eigenvalue weighted by Gasteiger charge is 2.29. The van der Waals surface area contributed by atoms with Gasteiger partial charge in [-0.05, 0) is 18.3 Å². The average Bonchev–Trinajstić information content (AvgIpc) is 2.91. The largest absolute Gasteiger partial charge is 0.341 e. The summed E-state index contributed by atoms with van der Waals surface area (Å²) in [6, 6.07) is 0. The Morgan fingerprint density at radius 3 is 2.57 bits per heavy atom. The number of piperidine rings is 1. The number of amides is 1. The molecule has 1 fully saturated rings. The topological polar surface area (TPSA) is 86.4 Å². The lowest BCUT2D eigenvalue weighted by molar-refractivity contribution is -0.133. The number of likely N-dealkylation sites (tertiary alicyclic amines) is 1.